The second-order valence-corrected chi connectivity index (χ2v) is 12.4. The van der Waals surface area contributed by atoms with Gasteiger partial charge in [-0.15, -0.1) is 0 Å². The summed E-state index contributed by atoms with van der Waals surface area (Å²) in [6.07, 6.45) is 5.19. The Morgan fingerprint density at radius 3 is 2.77 bits per heavy atom. The van der Waals surface area contributed by atoms with Crippen molar-refractivity contribution in [1.82, 2.24) is 30.5 Å². The molecule has 0 radical (unpaired) electrons. The summed E-state index contributed by atoms with van der Waals surface area (Å²) in [6.45, 7) is 7.01. The van der Waals surface area contributed by atoms with Gasteiger partial charge in [0.15, 0.2) is 0 Å². The first kappa shape index (κ1) is 30.1. The fourth-order valence-corrected chi connectivity index (χ4v) is 6.71. The van der Waals surface area contributed by atoms with Crippen LogP contribution in [0.4, 0.5) is 0 Å². The minimum atomic E-state index is -0.438. The molecule has 1 spiro atoms. The Balaban J connectivity index is 0.933. The molecule has 0 aliphatic carbocycles. The standard InChI is InChI=1S/C31H44N8O5/c32-25(24-3-1-2-4-27(24)41)17-26-30(33)34-20-31(35-26)7-11-38(12-8-31)21-5-9-37(18-21)13-14-43-28-15-23(44-36-28)16-29(42)39-10-6-22(40)19-39/h1-4,15,17,21-22,34-35,40-41H,5-14,16,18-20,32-33H2/b25-17-. The maximum Gasteiger partial charge on any atom is 0.254 e. The van der Waals surface area contributed by atoms with Crippen molar-refractivity contribution in [3.05, 3.63) is 59.2 Å². The maximum atomic E-state index is 12.4. The molecule has 3 saturated heterocycles. The Morgan fingerprint density at radius 1 is 1.18 bits per heavy atom. The Kier molecular flexibility index (Phi) is 8.87. The summed E-state index contributed by atoms with van der Waals surface area (Å²) in [7, 11) is 0. The fourth-order valence-electron chi connectivity index (χ4n) is 6.71. The van der Waals surface area contributed by atoms with Crippen LogP contribution in [0.15, 0.2) is 52.4 Å². The number of nitrogens with two attached hydrogens (primary N) is 2. The first-order valence-electron chi connectivity index (χ1n) is 15.5. The predicted octanol–water partition coefficient (Wildman–Crippen LogP) is 0.124. The molecule has 3 fully saturated rings. The van der Waals surface area contributed by atoms with Crippen molar-refractivity contribution >= 4 is 11.6 Å². The number of phenols is 1. The van der Waals surface area contributed by atoms with Crippen LogP contribution in [0.3, 0.4) is 0 Å². The number of aliphatic hydroxyl groups excluding tert-OH is 1. The number of para-hydroxylation sites is 1. The van der Waals surface area contributed by atoms with E-state index in [1.807, 2.05) is 12.1 Å². The number of ether oxygens (including phenoxy) is 1. The number of aromatic hydroxyl groups is 1. The van der Waals surface area contributed by atoms with Crippen molar-refractivity contribution in [2.75, 3.05) is 59.0 Å². The topological polar surface area (TPSA) is 179 Å². The number of β-amino-alcohol motifs (C(OH)–C–C–N with tert-alkyl or cyclic N) is 1. The van der Waals surface area contributed by atoms with E-state index >= 15 is 0 Å². The van der Waals surface area contributed by atoms with E-state index in [1.54, 1.807) is 29.2 Å². The second-order valence-electron chi connectivity index (χ2n) is 12.4. The van der Waals surface area contributed by atoms with Crippen LogP contribution in [0.5, 0.6) is 11.6 Å². The zero-order chi connectivity index (χ0) is 30.7. The van der Waals surface area contributed by atoms with Crippen molar-refractivity contribution in [3.63, 3.8) is 0 Å². The molecular formula is C31H44N8O5. The van der Waals surface area contributed by atoms with E-state index in [1.165, 1.54) is 0 Å². The molecule has 13 nitrogen and oxygen atoms in total. The number of carbonyl (C=O) groups is 1. The summed E-state index contributed by atoms with van der Waals surface area (Å²) in [5, 5.41) is 30.9. The number of phenolic OH excluding ortho intramolecular Hbond substituents is 1. The van der Waals surface area contributed by atoms with E-state index in [-0.39, 0.29) is 23.6 Å². The SMILES string of the molecule is NC1=C(/C=C(\N)c2ccccc2O)NC2(CCN(C3CCN(CCOc4cc(CC(=O)N5CCC(O)C5)on4)C3)CC2)CN1. The third-order valence-corrected chi connectivity index (χ3v) is 9.38. The van der Waals surface area contributed by atoms with Gasteiger partial charge in [0.2, 0.25) is 5.91 Å². The van der Waals surface area contributed by atoms with E-state index in [0.717, 1.165) is 64.2 Å². The van der Waals surface area contributed by atoms with Crippen LogP contribution < -0.4 is 26.8 Å². The summed E-state index contributed by atoms with van der Waals surface area (Å²) in [5.41, 5.74) is 14.3. The molecule has 2 atom stereocenters. The first-order valence-corrected chi connectivity index (χ1v) is 15.5. The van der Waals surface area contributed by atoms with Crippen LogP contribution in [0.1, 0.15) is 37.0 Å². The van der Waals surface area contributed by atoms with E-state index in [2.05, 4.69) is 25.6 Å². The van der Waals surface area contributed by atoms with Gasteiger partial charge in [-0.3, -0.25) is 14.6 Å². The van der Waals surface area contributed by atoms with Crippen molar-refractivity contribution in [2.45, 2.75) is 49.8 Å². The zero-order valence-corrected chi connectivity index (χ0v) is 25.1. The van der Waals surface area contributed by atoms with Crippen molar-refractivity contribution in [2.24, 2.45) is 11.5 Å². The summed E-state index contributed by atoms with van der Waals surface area (Å²) in [6, 6.07) is 9.21. The van der Waals surface area contributed by atoms with Crippen molar-refractivity contribution in [3.8, 4) is 11.6 Å². The molecule has 4 aliphatic rings. The van der Waals surface area contributed by atoms with E-state index < -0.39 is 6.10 Å². The van der Waals surface area contributed by atoms with Gasteiger partial charge >= 0.3 is 0 Å². The van der Waals surface area contributed by atoms with Gasteiger partial charge in [0.05, 0.1) is 23.8 Å². The lowest BCUT2D eigenvalue weighted by Crippen LogP contribution is -2.62. The molecule has 1 aromatic carbocycles. The molecule has 6 rings (SSSR count). The summed E-state index contributed by atoms with van der Waals surface area (Å²) < 4.78 is 11.1. The molecular weight excluding hydrogens is 564 g/mol. The van der Waals surface area contributed by atoms with Crippen LogP contribution in [-0.4, -0.2) is 113 Å². The van der Waals surface area contributed by atoms with E-state index in [4.69, 9.17) is 20.7 Å². The largest absolute Gasteiger partial charge is 0.507 e. The van der Waals surface area contributed by atoms with Gasteiger partial charge in [-0.2, -0.15) is 0 Å². The van der Waals surface area contributed by atoms with E-state index in [9.17, 15) is 15.0 Å². The lowest BCUT2D eigenvalue weighted by atomic mass is 9.85. The number of hydrogen-bond acceptors (Lipinski definition) is 12. The highest BCUT2D eigenvalue weighted by Crippen LogP contribution is 2.30. The molecule has 0 bridgehead atoms. The van der Waals surface area contributed by atoms with Crippen LogP contribution in [0.25, 0.3) is 5.70 Å². The molecule has 238 valence electrons. The number of hydrogen-bond donors (Lipinski definition) is 6. The lowest BCUT2D eigenvalue weighted by molar-refractivity contribution is -0.130. The van der Waals surface area contributed by atoms with Gasteiger partial charge < -0.3 is 46.5 Å². The predicted molar refractivity (Wildman–Crippen MR) is 164 cm³/mol. The summed E-state index contributed by atoms with van der Waals surface area (Å²) >= 11 is 0. The molecule has 2 unspecified atom stereocenters. The van der Waals surface area contributed by atoms with Gasteiger partial charge in [0, 0.05) is 69.2 Å². The number of nitrogens with one attached hydrogen (secondary N) is 2. The van der Waals surface area contributed by atoms with Gasteiger partial charge in [-0.1, -0.05) is 12.1 Å². The number of aliphatic hydroxyl groups is 1. The highest BCUT2D eigenvalue weighted by atomic mass is 16.5. The number of likely N-dealkylation sites (tertiary alicyclic amines) is 3. The minimum absolute atomic E-state index is 0.0710. The van der Waals surface area contributed by atoms with Gasteiger partial charge in [0.25, 0.3) is 5.88 Å². The summed E-state index contributed by atoms with van der Waals surface area (Å²) in [5.74, 6) is 1.49. The first-order chi connectivity index (χ1) is 21.3. The number of aromatic nitrogens is 1. The summed E-state index contributed by atoms with van der Waals surface area (Å²) in [4.78, 5) is 19.1. The molecule has 4 aliphatic heterocycles. The Bertz CT molecular complexity index is 1380. The number of rotatable bonds is 9. The molecule has 8 N–H and O–H groups in total. The zero-order valence-electron chi connectivity index (χ0n) is 25.1. The van der Waals surface area contributed by atoms with Gasteiger partial charge in [0.1, 0.15) is 23.9 Å². The minimum Gasteiger partial charge on any atom is -0.507 e. The number of nitrogens with zero attached hydrogens (tertiary/aromatic N) is 4. The molecule has 0 saturated carbocycles. The highest BCUT2D eigenvalue weighted by Gasteiger charge is 2.40. The molecule has 1 aromatic heterocycles. The number of carbonyl (C=O) groups excluding carboxylic acids is 1. The molecule has 44 heavy (non-hydrogen) atoms. The van der Waals surface area contributed by atoms with Gasteiger partial charge in [-0.25, -0.2) is 0 Å². The normalized spacial score (nSPS) is 24.5. The smallest absolute Gasteiger partial charge is 0.254 e. The number of benzene rings is 1. The average molecular weight is 609 g/mol. The monoisotopic (exact) mass is 608 g/mol. The lowest BCUT2D eigenvalue weighted by Gasteiger charge is -2.47. The van der Waals surface area contributed by atoms with Crippen LogP contribution in [0.2, 0.25) is 0 Å². The third-order valence-electron chi connectivity index (χ3n) is 9.38. The maximum absolute atomic E-state index is 12.4. The van der Waals surface area contributed by atoms with Crippen molar-refractivity contribution in [1.29, 1.82) is 0 Å². The molecule has 2 aromatic rings. The highest BCUT2D eigenvalue weighted by molar-refractivity contribution is 5.78. The fraction of sp³-hybridized carbons (Fsp3) is 0.548. The van der Waals surface area contributed by atoms with Crippen molar-refractivity contribution < 1.29 is 24.3 Å². The quantitative estimate of drug-likeness (QED) is 0.227. The van der Waals surface area contributed by atoms with Crippen LogP contribution >= 0.6 is 0 Å². The number of allylic oxidation sites excluding steroid dienone is 1. The number of amides is 1. The van der Waals surface area contributed by atoms with Crippen LogP contribution in [0, 0.1) is 0 Å². The Hall–Kier alpha value is -3.94. The second kappa shape index (κ2) is 13.0. The molecule has 13 heteroatoms. The third kappa shape index (κ3) is 6.90. The Morgan fingerprint density at radius 2 is 2.00 bits per heavy atom. The Labute approximate surface area is 257 Å². The molecule has 5 heterocycles. The molecule has 1 amide bonds. The van der Waals surface area contributed by atoms with E-state index in [0.29, 0.717) is 60.9 Å². The number of piperidine rings is 1. The van der Waals surface area contributed by atoms with Crippen LogP contribution in [-0.2, 0) is 11.2 Å². The average Bonchev–Trinajstić information content (AvgIpc) is 3.78. The van der Waals surface area contributed by atoms with Gasteiger partial charge in [-0.05, 0) is 55.6 Å².